The first kappa shape index (κ1) is 19.0. The molecule has 0 aromatic carbocycles. The molecule has 0 N–H and O–H groups in total. The van der Waals surface area contributed by atoms with Crippen LogP contribution in [-0.4, -0.2) is 0 Å². The van der Waals surface area contributed by atoms with E-state index in [0.717, 1.165) is 23.7 Å². The molecule has 0 aliphatic heterocycles. The third-order valence-corrected chi connectivity index (χ3v) is 7.48. The Labute approximate surface area is 135 Å². The fourth-order valence-electron chi connectivity index (χ4n) is 6.63. The lowest BCUT2D eigenvalue weighted by Crippen LogP contribution is -2.41. The van der Waals surface area contributed by atoms with Crippen molar-refractivity contribution in [1.29, 1.82) is 0 Å². The minimum absolute atomic E-state index is 0. The van der Waals surface area contributed by atoms with Crippen LogP contribution in [0.15, 0.2) is 0 Å². The average Bonchev–Trinajstić information content (AvgIpc) is 3.20. The maximum atomic E-state index is 2.62. The van der Waals surface area contributed by atoms with Gasteiger partial charge in [0.25, 0.3) is 0 Å². The van der Waals surface area contributed by atoms with E-state index in [1.807, 2.05) is 27.7 Å². The van der Waals surface area contributed by atoms with Gasteiger partial charge in [-0.2, -0.15) is 0 Å². The zero-order chi connectivity index (χ0) is 15.1. The molecule has 4 aliphatic rings. The van der Waals surface area contributed by atoms with Crippen molar-refractivity contribution in [2.75, 3.05) is 0 Å². The summed E-state index contributed by atoms with van der Waals surface area (Å²) < 4.78 is 0. The summed E-state index contributed by atoms with van der Waals surface area (Å²) in [5, 5.41) is 0. The van der Waals surface area contributed by atoms with Gasteiger partial charge in [-0.15, -0.1) is 0 Å². The molecule has 4 aliphatic carbocycles. The Kier molecular flexibility index (Phi) is 6.40. The van der Waals surface area contributed by atoms with Crippen molar-refractivity contribution in [2.24, 2.45) is 46.8 Å². The number of fused-ring (bicyclic) bond motifs is 9. The van der Waals surface area contributed by atoms with Crippen LogP contribution in [0.25, 0.3) is 0 Å². The predicted octanol–water partition coefficient (Wildman–Crippen LogP) is 7.04. The largest absolute Gasteiger partial charge is 0.0776 e. The van der Waals surface area contributed by atoms with E-state index in [2.05, 4.69) is 20.8 Å². The van der Waals surface area contributed by atoms with Gasteiger partial charge in [-0.05, 0) is 78.9 Å². The smallest absolute Gasteiger partial charge is 0.0269 e. The Morgan fingerprint density at radius 2 is 1.33 bits per heavy atom. The van der Waals surface area contributed by atoms with Gasteiger partial charge < -0.3 is 0 Å². The van der Waals surface area contributed by atoms with E-state index in [-0.39, 0.29) is 7.43 Å². The van der Waals surface area contributed by atoms with Gasteiger partial charge in [0.1, 0.15) is 0 Å². The van der Waals surface area contributed by atoms with Crippen LogP contribution in [0.3, 0.4) is 0 Å². The van der Waals surface area contributed by atoms with E-state index in [9.17, 15) is 0 Å². The summed E-state index contributed by atoms with van der Waals surface area (Å²) in [4.78, 5) is 0. The Balaban J connectivity index is 0.000000410. The first-order chi connectivity index (χ1) is 9.61. The normalized spacial score (nSPS) is 48.0. The molecule has 126 valence electrons. The van der Waals surface area contributed by atoms with Crippen molar-refractivity contribution in [2.45, 2.75) is 88.0 Å². The zero-order valence-electron chi connectivity index (χ0n) is 15.1. The molecule has 0 saturated heterocycles. The second kappa shape index (κ2) is 7.05. The third-order valence-electron chi connectivity index (χ3n) is 7.48. The molecule has 4 bridgehead atoms. The van der Waals surface area contributed by atoms with Gasteiger partial charge >= 0.3 is 0 Å². The van der Waals surface area contributed by atoms with Crippen LogP contribution < -0.4 is 0 Å². The predicted molar refractivity (Wildman–Crippen MR) is 96.4 cm³/mol. The lowest BCUT2D eigenvalue weighted by Gasteiger charge is -2.47. The van der Waals surface area contributed by atoms with E-state index >= 15 is 0 Å². The van der Waals surface area contributed by atoms with Crippen molar-refractivity contribution in [3.8, 4) is 0 Å². The summed E-state index contributed by atoms with van der Waals surface area (Å²) in [7, 11) is 0. The van der Waals surface area contributed by atoms with Crippen LogP contribution in [0.2, 0.25) is 0 Å². The minimum Gasteiger partial charge on any atom is -0.0776 e. The molecule has 0 aromatic rings. The summed E-state index contributed by atoms with van der Waals surface area (Å²) in [6.45, 7) is 15.6. The Morgan fingerprint density at radius 3 is 1.86 bits per heavy atom. The van der Waals surface area contributed by atoms with Crippen molar-refractivity contribution in [3.05, 3.63) is 0 Å². The van der Waals surface area contributed by atoms with Gasteiger partial charge in [0.05, 0.1) is 0 Å². The van der Waals surface area contributed by atoms with Crippen LogP contribution in [0.5, 0.6) is 0 Å². The molecule has 0 heterocycles. The minimum atomic E-state index is 0. The molecule has 21 heavy (non-hydrogen) atoms. The molecular formula is C21H42. The fraction of sp³-hybridized carbons (Fsp3) is 1.00. The zero-order valence-corrected chi connectivity index (χ0v) is 15.1. The van der Waals surface area contributed by atoms with Crippen molar-refractivity contribution in [1.82, 2.24) is 0 Å². The summed E-state index contributed by atoms with van der Waals surface area (Å²) >= 11 is 0. The highest BCUT2D eigenvalue weighted by Crippen LogP contribution is 2.72. The number of hydrogen-bond donors (Lipinski definition) is 0. The van der Waals surface area contributed by atoms with Crippen LogP contribution >= 0.6 is 0 Å². The quantitative estimate of drug-likeness (QED) is 0.455. The monoisotopic (exact) mass is 294 g/mol. The highest BCUT2D eigenvalue weighted by atomic mass is 14.7. The van der Waals surface area contributed by atoms with Gasteiger partial charge in [-0.1, -0.05) is 55.9 Å². The van der Waals surface area contributed by atoms with E-state index in [0.29, 0.717) is 5.41 Å². The average molecular weight is 295 g/mol. The van der Waals surface area contributed by atoms with E-state index in [1.54, 1.807) is 32.1 Å². The molecule has 0 radical (unpaired) electrons. The summed E-state index contributed by atoms with van der Waals surface area (Å²) in [6.07, 6.45) is 7.98. The summed E-state index contributed by atoms with van der Waals surface area (Å²) in [6, 6.07) is 0. The second-order valence-electron chi connectivity index (χ2n) is 7.95. The second-order valence-corrected chi connectivity index (χ2v) is 7.95. The summed E-state index contributed by atoms with van der Waals surface area (Å²) in [5.74, 6) is 7.84. The topological polar surface area (TPSA) is 0 Å². The first-order valence-electron chi connectivity index (χ1n) is 9.61. The van der Waals surface area contributed by atoms with E-state index in [1.165, 1.54) is 17.8 Å². The van der Waals surface area contributed by atoms with E-state index in [4.69, 9.17) is 0 Å². The Morgan fingerprint density at radius 1 is 0.810 bits per heavy atom. The van der Waals surface area contributed by atoms with Crippen LogP contribution in [-0.2, 0) is 0 Å². The van der Waals surface area contributed by atoms with Crippen LogP contribution in [0.4, 0.5) is 0 Å². The van der Waals surface area contributed by atoms with Gasteiger partial charge in [0, 0.05) is 0 Å². The molecule has 0 heteroatoms. The molecule has 7 atom stereocenters. The first-order valence-corrected chi connectivity index (χ1v) is 9.61. The molecule has 0 amide bonds. The van der Waals surface area contributed by atoms with Crippen LogP contribution in [0.1, 0.15) is 88.0 Å². The van der Waals surface area contributed by atoms with Gasteiger partial charge in [-0.3, -0.25) is 0 Å². The standard InChI is InChI=1S/C16H26.2C2H6.CH4/c1-9(2)16(3)8-12-7-13(16)15-11-5-4-10(6-11)14(12)15;2*1-2;/h9-15H,4-8H2,1-3H3;2*1-2H3;1H4. The van der Waals surface area contributed by atoms with E-state index < -0.39 is 0 Å². The highest BCUT2D eigenvalue weighted by molar-refractivity contribution is 5.14. The lowest BCUT2D eigenvalue weighted by atomic mass is 9.58. The number of rotatable bonds is 1. The van der Waals surface area contributed by atoms with Crippen LogP contribution in [0, 0.1) is 46.8 Å². The Hall–Kier alpha value is 0. The molecule has 7 unspecified atom stereocenters. The molecule has 4 saturated carbocycles. The summed E-state index contributed by atoms with van der Waals surface area (Å²) in [5.41, 5.74) is 0.705. The SMILES string of the molecule is C.CC.CC.CC(C)C1(C)CC2CC1C1C3CCC(C3)C21. The molecule has 4 rings (SSSR count). The highest BCUT2D eigenvalue weighted by Gasteiger charge is 2.65. The molecule has 0 aromatic heterocycles. The lowest BCUT2D eigenvalue weighted by molar-refractivity contribution is 0.0145. The number of hydrogen-bond acceptors (Lipinski definition) is 0. The fourth-order valence-corrected chi connectivity index (χ4v) is 6.63. The third kappa shape index (κ3) is 2.59. The Bertz CT molecular complexity index is 318. The van der Waals surface area contributed by atoms with Gasteiger partial charge in [0.15, 0.2) is 0 Å². The molecular weight excluding hydrogens is 252 g/mol. The van der Waals surface area contributed by atoms with Crippen molar-refractivity contribution < 1.29 is 0 Å². The van der Waals surface area contributed by atoms with Crippen molar-refractivity contribution >= 4 is 0 Å². The van der Waals surface area contributed by atoms with Crippen molar-refractivity contribution in [3.63, 3.8) is 0 Å². The molecule has 0 nitrogen and oxygen atoms in total. The molecule has 4 fully saturated rings. The van der Waals surface area contributed by atoms with Gasteiger partial charge in [0.2, 0.25) is 0 Å². The maximum Gasteiger partial charge on any atom is -0.0269 e. The molecule has 0 spiro atoms. The maximum absolute atomic E-state index is 2.62. The van der Waals surface area contributed by atoms with Gasteiger partial charge in [-0.25, -0.2) is 0 Å².